The first-order valence-corrected chi connectivity index (χ1v) is 9.01. The van der Waals surface area contributed by atoms with E-state index >= 15 is 0 Å². The van der Waals surface area contributed by atoms with Crippen molar-refractivity contribution < 1.29 is 19.1 Å². The Morgan fingerprint density at radius 1 is 1.19 bits per heavy atom. The van der Waals surface area contributed by atoms with Crippen molar-refractivity contribution in [3.05, 3.63) is 46.0 Å². The summed E-state index contributed by atoms with van der Waals surface area (Å²) in [7, 11) is 1.37. The van der Waals surface area contributed by atoms with Crippen LogP contribution in [0.2, 0.25) is 0 Å². The number of rotatable bonds is 3. The average Bonchev–Trinajstić information content (AvgIpc) is 3.13. The molecular weight excluding hydrogens is 330 g/mol. The van der Waals surface area contributed by atoms with Crippen LogP contribution in [0.25, 0.3) is 0 Å². The average molecular weight is 355 g/mol. The van der Waals surface area contributed by atoms with E-state index in [-0.39, 0.29) is 23.6 Å². The normalized spacial score (nSPS) is 22.8. The molecule has 5 heteroatoms. The Bertz CT molecular complexity index is 785. The number of ether oxygens (including phenoxy) is 1. The molecule has 0 spiro atoms. The predicted octanol–water partition coefficient (Wildman–Crippen LogP) is 3.25. The second kappa shape index (κ2) is 7.06. The van der Waals surface area contributed by atoms with Crippen LogP contribution in [0.5, 0.6) is 0 Å². The summed E-state index contributed by atoms with van der Waals surface area (Å²) in [5.41, 5.74) is 4.54. The molecule has 1 amide bonds. The van der Waals surface area contributed by atoms with Crippen molar-refractivity contribution in [2.24, 2.45) is 5.92 Å². The van der Waals surface area contributed by atoms with Gasteiger partial charge in [0.05, 0.1) is 7.11 Å². The van der Waals surface area contributed by atoms with Crippen LogP contribution in [0.4, 0.5) is 4.79 Å². The van der Waals surface area contributed by atoms with Crippen molar-refractivity contribution >= 4 is 17.7 Å². The standard InChI is InChI=1S/C21H25NO4/c1-12-7-13(2)18(14(3)8-12)19-17(23)10-16(20(19)24)9-15-5-6-22(11-15)21(25)26-4/h7-8,10,15,19H,5-6,9,11H2,1-4H3. The molecule has 1 aliphatic carbocycles. The number of methoxy groups -OCH3 is 1. The summed E-state index contributed by atoms with van der Waals surface area (Å²) in [6, 6.07) is 4.04. The quantitative estimate of drug-likeness (QED) is 0.781. The van der Waals surface area contributed by atoms with E-state index in [0.29, 0.717) is 25.1 Å². The minimum Gasteiger partial charge on any atom is -0.453 e. The van der Waals surface area contributed by atoms with E-state index in [1.165, 1.54) is 13.2 Å². The number of aryl methyl sites for hydroxylation is 3. The number of amides is 1. The Morgan fingerprint density at radius 2 is 1.85 bits per heavy atom. The lowest BCUT2D eigenvalue weighted by molar-refractivity contribution is -0.123. The summed E-state index contributed by atoms with van der Waals surface area (Å²) < 4.78 is 4.75. The molecule has 2 aliphatic rings. The fourth-order valence-electron chi connectivity index (χ4n) is 4.33. The molecule has 138 valence electrons. The Balaban J connectivity index is 1.76. The van der Waals surface area contributed by atoms with Crippen molar-refractivity contribution in [3.8, 4) is 0 Å². The molecule has 0 N–H and O–H groups in total. The number of benzene rings is 1. The predicted molar refractivity (Wildman–Crippen MR) is 98.2 cm³/mol. The van der Waals surface area contributed by atoms with Gasteiger partial charge in [-0.05, 0) is 62.3 Å². The van der Waals surface area contributed by atoms with Gasteiger partial charge in [-0.1, -0.05) is 17.7 Å². The van der Waals surface area contributed by atoms with Crippen LogP contribution in [0.1, 0.15) is 41.0 Å². The molecule has 1 saturated heterocycles. The number of hydrogen-bond acceptors (Lipinski definition) is 4. The van der Waals surface area contributed by atoms with Gasteiger partial charge in [0.25, 0.3) is 0 Å². The Kier molecular flexibility index (Phi) is 4.99. The van der Waals surface area contributed by atoms with Crippen molar-refractivity contribution in [2.45, 2.75) is 39.5 Å². The first kappa shape index (κ1) is 18.4. The summed E-state index contributed by atoms with van der Waals surface area (Å²) in [5.74, 6) is -0.718. The Morgan fingerprint density at radius 3 is 2.46 bits per heavy atom. The molecule has 2 atom stereocenters. The highest BCUT2D eigenvalue weighted by atomic mass is 16.5. The van der Waals surface area contributed by atoms with Crippen LogP contribution in [-0.4, -0.2) is 42.8 Å². The number of allylic oxidation sites excluding steroid dienone is 2. The van der Waals surface area contributed by atoms with Crippen LogP contribution in [0.3, 0.4) is 0 Å². The minimum absolute atomic E-state index is 0.0819. The molecule has 1 aromatic rings. The maximum absolute atomic E-state index is 13.0. The van der Waals surface area contributed by atoms with E-state index in [4.69, 9.17) is 4.74 Å². The highest BCUT2D eigenvalue weighted by Gasteiger charge is 2.39. The van der Waals surface area contributed by atoms with Crippen LogP contribution >= 0.6 is 0 Å². The fraction of sp³-hybridized carbons (Fsp3) is 0.476. The molecule has 1 aliphatic heterocycles. The molecule has 26 heavy (non-hydrogen) atoms. The molecule has 1 fully saturated rings. The van der Waals surface area contributed by atoms with E-state index in [9.17, 15) is 14.4 Å². The summed E-state index contributed by atoms with van der Waals surface area (Å²) in [6.07, 6.45) is 2.55. The summed E-state index contributed by atoms with van der Waals surface area (Å²) in [5, 5.41) is 0. The number of carbonyl (C=O) groups excluding carboxylic acids is 3. The zero-order valence-corrected chi connectivity index (χ0v) is 15.8. The van der Waals surface area contributed by atoms with Gasteiger partial charge in [0.15, 0.2) is 11.6 Å². The molecule has 0 bridgehead atoms. The van der Waals surface area contributed by atoms with E-state index < -0.39 is 5.92 Å². The lowest BCUT2D eigenvalue weighted by Crippen LogP contribution is -2.28. The zero-order valence-electron chi connectivity index (χ0n) is 15.8. The topological polar surface area (TPSA) is 63.7 Å². The number of Topliss-reactive ketones (excluding diaryl/α,β-unsaturated/α-hetero) is 1. The first-order valence-electron chi connectivity index (χ1n) is 9.01. The van der Waals surface area contributed by atoms with E-state index in [2.05, 4.69) is 0 Å². The van der Waals surface area contributed by atoms with E-state index in [1.54, 1.807) is 4.90 Å². The van der Waals surface area contributed by atoms with Crippen molar-refractivity contribution in [1.29, 1.82) is 0 Å². The fourth-order valence-corrected chi connectivity index (χ4v) is 4.33. The SMILES string of the molecule is COC(=O)N1CCC(CC2=CC(=O)C(c3c(C)cc(C)cc3C)C2=O)C1. The second-order valence-electron chi connectivity index (χ2n) is 7.46. The van der Waals surface area contributed by atoms with E-state index in [1.807, 2.05) is 32.9 Å². The number of nitrogens with zero attached hydrogens (tertiary/aromatic N) is 1. The van der Waals surface area contributed by atoms with Crippen LogP contribution in [0.15, 0.2) is 23.8 Å². The lowest BCUT2D eigenvalue weighted by atomic mass is 9.85. The molecule has 0 aromatic heterocycles. The van der Waals surface area contributed by atoms with Crippen molar-refractivity contribution in [3.63, 3.8) is 0 Å². The van der Waals surface area contributed by atoms with Gasteiger partial charge in [0.1, 0.15) is 5.92 Å². The van der Waals surface area contributed by atoms with Gasteiger partial charge in [-0.3, -0.25) is 9.59 Å². The Labute approximate surface area is 154 Å². The van der Waals surface area contributed by atoms with Crippen molar-refractivity contribution in [2.75, 3.05) is 20.2 Å². The lowest BCUT2D eigenvalue weighted by Gasteiger charge is -2.17. The molecule has 0 saturated carbocycles. The van der Waals surface area contributed by atoms with Gasteiger partial charge in [-0.15, -0.1) is 0 Å². The number of ketones is 2. The van der Waals surface area contributed by atoms with Gasteiger partial charge in [-0.25, -0.2) is 4.79 Å². The third kappa shape index (κ3) is 3.30. The largest absolute Gasteiger partial charge is 0.453 e. The molecule has 3 rings (SSSR count). The highest BCUT2D eigenvalue weighted by Crippen LogP contribution is 2.36. The summed E-state index contributed by atoms with van der Waals surface area (Å²) in [4.78, 5) is 38.8. The molecule has 1 aromatic carbocycles. The summed E-state index contributed by atoms with van der Waals surface area (Å²) in [6.45, 7) is 7.13. The molecule has 2 unspecified atom stereocenters. The maximum Gasteiger partial charge on any atom is 0.409 e. The minimum atomic E-state index is -0.705. The number of carbonyl (C=O) groups is 3. The van der Waals surface area contributed by atoms with Crippen molar-refractivity contribution in [1.82, 2.24) is 4.90 Å². The van der Waals surface area contributed by atoms with Gasteiger partial charge < -0.3 is 9.64 Å². The van der Waals surface area contributed by atoms with Gasteiger partial charge >= 0.3 is 6.09 Å². The third-order valence-corrected chi connectivity index (χ3v) is 5.43. The molecule has 0 radical (unpaired) electrons. The molecule has 1 heterocycles. The van der Waals surface area contributed by atoms with Gasteiger partial charge in [0.2, 0.25) is 0 Å². The molecular formula is C21H25NO4. The smallest absolute Gasteiger partial charge is 0.409 e. The first-order chi connectivity index (χ1) is 12.3. The van der Waals surface area contributed by atoms with E-state index in [0.717, 1.165) is 28.7 Å². The van der Waals surface area contributed by atoms with Crippen LogP contribution < -0.4 is 0 Å². The highest BCUT2D eigenvalue weighted by molar-refractivity contribution is 6.25. The number of likely N-dealkylation sites (tertiary alicyclic amines) is 1. The van der Waals surface area contributed by atoms with Gasteiger partial charge in [-0.2, -0.15) is 0 Å². The summed E-state index contributed by atoms with van der Waals surface area (Å²) >= 11 is 0. The second-order valence-corrected chi connectivity index (χ2v) is 7.46. The van der Waals surface area contributed by atoms with Crippen LogP contribution in [0, 0.1) is 26.7 Å². The monoisotopic (exact) mass is 355 g/mol. The zero-order chi connectivity index (χ0) is 19.0. The number of hydrogen-bond donors (Lipinski definition) is 0. The van der Waals surface area contributed by atoms with Crippen LogP contribution in [-0.2, 0) is 14.3 Å². The Hall–Kier alpha value is -2.43. The maximum atomic E-state index is 13.0. The third-order valence-electron chi connectivity index (χ3n) is 5.43. The molecule has 5 nitrogen and oxygen atoms in total. The van der Waals surface area contributed by atoms with Gasteiger partial charge in [0, 0.05) is 18.7 Å².